The fourth-order valence-electron chi connectivity index (χ4n) is 13.8. The first kappa shape index (κ1) is 93.9. The standard InChI is InChI=1S/C69H118N16O30/c1-6-47-43(28-82(77-47)11-15-104-19-23-108-66-53(70-39(2)90)61(98)57(94)49(35-86)112-66)27-81(31-45-33-85(79-75-45)14-18-107-22-26-111-69-56(73-42(5)93)64(101)60(97)52(38-89)115-69)48(65(102)103)9-7-8-10-80(30-46-34-83(76-46)12-16-105-20-24-109-67-54(71-40(3)91)62(99)58(95)50(36-87)113-67)29-44-32-84(78-74-44)13-17-106-21-25-110-68-55(72-41(4)92)63(100)59(96)51(37-88)114-68/h28,32-34,47-64,66-69,76-77,86-89,94-101H,6-27,29-31,35-38H2,1-5H3,(H,70,90)(H,71,91)(H,72,92)(H,73,93)(H,102,103). The van der Waals surface area contributed by atoms with Crippen LogP contribution in [0.5, 0.6) is 0 Å². The van der Waals surface area contributed by atoms with Crippen LogP contribution >= 0.6 is 0 Å². The molecule has 654 valence electrons. The number of carbonyl (C=O) groups is 5. The molecule has 0 radical (unpaired) electrons. The number of carboxylic acids is 1. The van der Waals surface area contributed by atoms with Crippen LogP contribution in [-0.4, -0.2) is 411 Å². The molecule has 8 heterocycles. The minimum atomic E-state index is -1.49. The average molecular weight is 1650 g/mol. The molecule has 0 bridgehead atoms. The lowest BCUT2D eigenvalue weighted by Crippen LogP contribution is -2.64. The summed E-state index contributed by atoms with van der Waals surface area (Å²) in [6.45, 7) is 8.07. The number of amides is 4. The first-order valence-corrected chi connectivity index (χ1v) is 38.5. The van der Waals surface area contributed by atoms with Gasteiger partial charge in [0.25, 0.3) is 0 Å². The van der Waals surface area contributed by atoms with Crippen LogP contribution < -0.4 is 26.7 Å². The van der Waals surface area contributed by atoms with Crippen molar-refractivity contribution in [1.82, 2.24) is 81.3 Å². The fraction of sp³-hybridized carbons (Fsp3) is 0.812. The van der Waals surface area contributed by atoms with Crippen molar-refractivity contribution >= 4 is 29.6 Å². The number of ether oxygens (including phenoxy) is 12. The van der Waals surface area contributed by atoms with Crippen LogP contribution in [0.1, 0.15) is 77.4 Å². The van der Waals surface area contributed by atoms with Gasteiger partial charge in [0.05, 0.1) is 149 Å². The maximum Gasteiger partial charge on any atom is 0.320 e. The van der Waals surface area contributed by atoms with Crippen LogP contribution in [0, 0.1) is 0 Å². The Morgan fingerprint density at radius 2 is 0.861 bits per heavy atom. The van der Waals surface area contributed by atoms with Gasteiger partial charge in [-0.1, -0.05) is 23.8 Å². The quantitative estimate of drug-likeness (QED) is 0.0233. The normalized spacial score (nSPS) is 29.4. The van der Waals surface area contributed by atoms with Gasteiger partial charge in [-0.05, 0) is 31.4 Å². The van der Waals surface area contributed by atoms with E-state index in [1.807, 2.05) is 33.9 Å². The summed E-state index contributed by atoms with van der Waals surface area (Å²) in [5, 5.41) is 167. The number of hydrogen-bond acceptors (Lipinski definition) is 37. The lowest BCUT2D eigenvalue weighted by atomic mass is 9.97. The van der Waals surface area contributed by atoms with Gasteiger partial charge in [0.1, 0.15) is 103 Å². The molecule has 22 atom stereocenters. The molecule has 3 aromatic rings. The van der Waals surface area contributed by atoms with Gasteiger partial charge in [-0.15, -0.1) is 10.2 Å². The van der Waals surface area contributed by atoms with Gasteiger partial charge in [0.2, 0.25) is 23.6 Å². The predicted octanol–water partition coefficient (Wildman–Crippen LogP) is -9.48. The lowest BCUT2D eigenvalue weighted by molar-refractivity contribution is -0.272. The molecule has 3 aromatic heterocycles. The summed E-state index contributed by atoms with van der Waals surface area (Å²) in [7, 11) is 0. The number of nitrogens with zero attached hydrogens (tertiary/aromatic N) is 10. The minimum Gasteiger partial charge on any atom is -0.480 e. The van der Waals surface area contributed by atoms with E-state index in [1.54, 1.807) is 21.8 Å². The Hall–Kier alpha value is -6.57. The molecule has 22 unspecified atom stereocenters. The molecule has 4 saturated heterocycles. The third-order valence-corrected chi connectivity index (χ3v) is 19.7. The molecule has 5 aliphatic heterocycles. The summed E-state index contributed by atoms with van der Waals surface area (Å²) in [5.74, 6) is -3.06. The van der Waals surface area contributed by atoms with Crippen LogP contribution in [0.25, 0.3) is 0 Å². The zero-order valence-corrected chi connectivity index (χ0v) is 65.2. The molecule has 46 nitrogen and oxygen atoms in total. The van der Waals surface area contributed by atoms with Crippen molar-refractivity contribution < 1.29 is 147 Å². The van der Waals surface area contributed by atoms with E-state index in [2.05, 4.69) is 57.3 Å². The van der Waals surface area contributed by atoms with Crippen LogP contribution in [0.15, 0.2) is 30.4 Å². The molecule has 0 spiro atoms. The van der Waals surface area contributed by atoms with E-state index in [0.717, 1.165) is 11.3 Å². The highest BCUT2D eigenvalue weighted by Crippen LogP contribution is 2.28. The second-order valence-electron chi connectivity index (χ2n) is 28.5. The summed E-state index contributed by atoms with van der Waals surface area (Å²) >= 11 is 0. The molecule has 115 heavy (non-hydrogen) atoms. The number of aliphatic hydroxyl groups excluding tert-OH is 12. The highest BCUT2D eigenvalue weighted by Gasteiger charge is 2.49. The van der Waals surface area contributed by atoms with Crippen molar-refractivity contribution in [3.63, 3.8) is 0 Å². The van der Waals surface area contributed by atoms with Crippen molar-refractivity contribution in [1.29, 1.82) is 0 Å². The van der Waals surface area contributed by atoms with Gasteiger partial charge in [-0.2, -0.15) is 0 Å². The number of aliphatic carboxylic acids is 1. The molecule has 5 aliphatic rings. The van der Waals surface area contributed by atoms with E-state index in [-0.39, 0.29) is 118 Å². The second kappa shape index (κ2) is 47.9. The number of hydrogen-bond donors (Lipinski definition) is 19. The number of aliphatic hydroxyl groups is 12. The highest BCUT2D eigenvalue weighted by molar-refractivity contribution is 5.75. The predicted molar refractivity (Wildman–Crippen MR) is 389 cm³/mol. The molecule has 19 N–H and O–H groups in total. The van der Waals surface area contributed by atoms with Gasteiger partial charge >= 0.3 is 5.97 Å². The van der Waals surface area contributed by atoms with Crippen molar-refractivity contribution in [3.8, 4) is 0 Å². The maximum absolute atomic E-state index is 13.7. The van der Waals surface area contributed by atoms with Gasteiger partial charge in [0.15, 0.2) is 25.2 Å². The average Bonchev–Trinajstić information content (AvgIpc) is 1.82. The third-order valence-electron chi connectivity index (χ3n) is 19.7. The number of aromatic amines is 1. The third kappa shape index (κ3) is 28.6. The van der Waals surface area contributed by atoms with Gasteiger partial charge in [0, 0.05) is 84.7 Å². The fourth-order valence-corrected chi connectivity index (χ4v) is 13.8. The largest absolute Gasteiger partial charge is 0.480 e. The molecule has 0 saturated carbocycles. The van der Waals surface area contributed by atoms with Crippen LogP contribution in [0.2, 0.25) is 0 Å². The van der Waals surface area contributed by atoms with E-state index in [1.165, 1.54) is 27.7 Å². The number of rotatable bonds is 52. The Bertz CT molecular complexity index is 3390. The maximum atomic E-state index is 13.7. The summed E-state index contributed by atoms with van der Waals surface area (Å²) in [5.41, 5.74) is 6.27. The SMILES string of the molecule is CCC1NN(CCOCCOC2OC(CO)C(O)C(O)C2NC(C)=O)C=C1CN(Cc1cn(CCOCCOC2OC(CO)C(O)C(O)C2NC(C)=O)nn1)C(CCCCN(Cc1cn(CCOCCOC2OC(CO)C(O)C(O)C2NC(C)=O)nn1)Cc1cn(CCOCCOC2OC(CO)C(O)C(O)C2NC(C)=O)[nH]1)C(=O)O. The molecule has 8 rings (SSSR count). The number of carbonyl (C=O) groups excluding carboxylic acids is 4. The zero-order valence-electron chi connectivity index (χ0n) is 65.2. The molecule has 46 heteroatoms. The van der Waals surface area contributed by atoms with Crippen molar-refractivity contribution in [3.05, 3.63) is 47.4 Å². The van der Waals surface area contributed by atoms with E-state index in [9.17, 15) is 90.4 Å². The van der Waals surface area contributed by atoms with Crippen LogP contribution in [-0.2, 0) is 120 Å². The molecular weight excluding hydrogens is 1530 g/mol. The molecular formula is C69H118N16O30. The molecule has 0 aromatic carbocycles. The Balaban J connectivity index is 0.900. The van der Waals surface area contributed by atoms with E-state index in [4.69, 9.17) is 56.8 Å². The first-order chi connectivity index (χ1) is 55.2. The number of aromatic nitrogens is 8. The number of nitrogens with one attached hydrogen (secondary N) is 6. The van der Waals surface area contributed by atoms with Crippen molar-refractivity contribution in [2.45, 2.75) is 234 Å². The van der Waals surface area contributed by atoms with Crippen LogP contribution in [0.4, 0.5) is 0 Å². The lowest BCUT2D eigenvalue weighted by Gasteiger charge is -2.42. The number of H-pyrrole nitrogens is 1. The molecule has 0 aliphatic carbocycles. The monoisotopic (exact) mass is 1650 g/mol. The Morgan fingerprint density at radius 3 is 1.23 bits per heavy atom. The molecule has 4 fully saturated rings. The van der Waals surface area contributed by atoms with E-state index in [0.29, 0.717) is 63.4 Å². The first-order valence-electron chi connectivity index (χ1n) is 38.5. The second-order valence-corrected chi connectivity index (χ2v) is 28.5. The Labute approximate surface area is 662 Å². The number of carboxylic acid groups (broad SMARTS) is 1. The molecule has 4 amide bonds. The minimum absolute atomic E-state index is 0.0141. The van der Waals surface area contributed by atoms with E-state index < -0.39 is 185 Å². The smallest absolute Gasteiger partial charge is 0.320 e. The van der Waals surface area contributed by atoms with Gasteiger partial charge in [-0.3, -0.25) is 38.5 Å². The Kier molecular flexibility index (Phi) is 39.1. The Morgan fingerprint density at radius 1 is 0.487 bits per heavy atom. The summed E-state index contributed by atoms with van der Waals surface area (Å²) in [6, 6.07) is -5.74. The van der Waals surface area contributed by atoms with Gasteiger partial charge < -0.3 is 155 Å². The highest BCUT2D eigenvalue weighted by atomic mass is 16.7. The van der Waals surface area contributed by atoms with E-state index >= 15 is 0 Å². The summed E-state index contributed by atoms with van der Waals surface area (Å²) in [6.07, 6.45) is -12.1. The number of hydrazine groups is 1. The zero-order chi connectivity index (χ0) is 83.3. The van der Waals surface area contributed by atoms with Crippen molar-refractivity contribution in [2.24, 2.45) is 0 Å². The topological polar surface area (TPSA) is 611 Å². The number of unbranched alkanes of at least 4 members (excludes halogenated alkanes) is 1. The summed E-state index contributed by atoms with van der Waals surface area (Å²) < 4.78 is 74.0. The van der Waals surface area contributed by atoms with Crippen molar-refractivity contribution in [2.75, 3.05) is 125 Å². The van der Waals surface area contributed by atoms with Crippen LogP contribution in [0.3, 0.4) is 0 Å². The summed E-state index contributed by atoms with van der Waals surface area (Å²) in [4.78, 5) is 65.3. The van der Waals surface area contributed by atoms with Gasteiger partial charge in [-0.25, -0.2) is 14.8 Å².